The van der Waals surface area contributed by atoms with Gasteiger partial charge in [0.15, 0.2) is 0 Å². The van der Waals surface area contributed by atoms with Gasteiger partial charge in [-0.3, -0.25) is 4.79 Å². The predicted molar refractivity (Wildman–Crippen MR) is 80.9 cm³/mol. The molecule has 1 rings (SSSR count). The number of benzene rings is 1. The molecule has 4 N–H and O–H groups in total. The van der Waals surface area contributed by atoms with Crippen LogP contribution in [0, 0.1) is 5.92 Å². The fraction of sp³-hybridized carbons (Fsp3) is 0.400. The molecule has 0 saturated carbocycles. The SMILES string of the molecule is CNCC(C[C@H](NC(=O)OCc1ccccc1)C(=O)O)C(=O)O. The zero-order valence-electron chi connectivity index (χ0n) is 12.7. The molecule has 8 nitrogen and oxygen atoms in total. The fourth-order valence-electron chi connectivity index (χ4n) is 1.93. The number of carboxylic acid groups (broad SMARTS) is 2. The summed E-state index contributed by atoms with van der Waals surface area (Å²) in [6, 6.07) is 7.56. The van der Waals surface area contributed by atoms with E-state index in [1.54, 1.807) is 31.3 Å². The van der Waals surface area contributed by atoms with Crippen molar-refractivity contribution in [3.63, 3.8) is 0 Å². The first-order valence-electron chi connectivity index (χ1n) is 7.01. The average Bonchev–Trinajstić information content (AvgIpc) is 2.52. The first kappa shape index (κ1) is 18.4. The smallest absolute Gasteiger partial charge is 0.408 e. The van der Waals surface area contributed by atoms with E-state index in [1.807, 2.05) is 6.07 Å². The van der Waals surface area contributed by atoms with Gasteiger partial charge in [-0.2, -0.15) is 0 Å². The fourth-order valence-corrected chi connectivity index (χ4v) is 1.93. The summed E-state index contributed by atoms with van der Waals surface area (Å²) >= 11 is 0. The Labute approximate surface area is 133 Å². The highest BCUT2D eigenvalue weighted by molar-refractivity contribution is 5.81. The lowest BCUT2D eigenvalue weighted by molar-refractivity contribution is -0.144. The Morgan fingerprint density at radius 1 is 1.13 bits per heavy atom. The highest BCUT2D eigenvalue weighted by Crippen LogP contribution is 2.08. The van der Waals surface area contributed by atoms with E-state index in [9.17, 15) is 14.4 Å². The monoisotopic (exact) mass is 324 g/mol. The summed E-state index contributed by atoms with van der Waals surface area (Å²) < 4.78 is 4.93. The number of alkyl carbamates (subject to hydrolysis) is 1. The largest absolute Gasteiger partial charge is 0.481 e. The number of amides is 1. The Bertz CT molecular complexity index is 534. The van der Waals surface area contributed by atoms with Gasteiger partial charge < -0.3 is 25.6 Å². The van der Waals surface area contributed by atoms with Gasteiger partial charge in [-0.15, -0.1) is 0 Å². The summed E-state index contributed by atoms with van der Waals surface area (Å²) in [5, 5.41) is 23.0. The lowest BCUT2D eigenvalue weighted by atomic mass is 10.00. The van der Waals surface area contributed by atoms with E-state index in [0.29, 0.717) is 0 Å². The van der Waals surface area contributed by atoms with E-state index in [-0.39, 0.29) is 19.6 Å². The van der Waals surface area contributed by atoms with Crippen LogP contribution in [0.1, 0.15) is 12.0 Å². The second-order valence-corrected chi connectivity index (χ2v) is 4.93. The zero-order chi connectivity index (χ0) is 17.2. The summed E-state index contributed by atoms with van der Waals surface area (Å²) in [5.74, 6) is -3.38. The molecule has 0 aliphatic heterocycles. The van der Waals surface area contributed by atoms with Crippen LogP contribution in [0.25, 0.3) is 0 Å². The number of hydrogen-bond donors (Lipinski definition) is 4. The Balaban J connectivity index is 2.55. The Hall–Kier alpha value is -2.61. The van der Waals surface area contributed by atoms with Gasteiger partial charge in [0, 0.05) is 6.54 Å². The molecular weight excluding hydrogens is 304 g/mol. The Kier molecular flexibility index (Phi) is 7.55. The minimum absolute atomic E-state index is 0.00210. The zero-order valence-corrected chi connectivity index (χ0v) is 12.7. The standard InChI is InChI=1S/C15H20N2O6/c1-16-8-11(13(18)19)7-12(14(20)21)17-15(22)23-9-10-5-3-2-4-6-10/h2-6,11-12,16H,7-9H2,1H3,(H,17,22)(H,18,19)(H,20,21)/t11?,12-/m0/s1. The van der Waals surface area contributed by atoms with E-state index < -0.39 is 30.0 Å². The molecule has 0 saturated heterocycles. The third-order valence-electron chi connectivity index (χ3n) is 3.12. The van der Waals surface area contributed by atoms with Crippen LogP contribution in [0.2, 0.25) is 0 Å². The molecule has 1 amide bonds. The van der Waals surface area contributed by atoms with Crippen LogP contribution in [0.4, 0.5) is 4.79 Å². The summed E-state index contributed by atoms with van der Waals surface area (Å²) in [6.45, 7) is 0.0950. The van der Waals surface area contributed by atoms with Gasteiger partial charge >= 0.3 is 18.0 Å². The molecule has 23 heavy (non-hydrogen) atoms. The van der Waals surface area contributed by atoms with Crippen LogP contribution in [0.15, 0.2) is 30.3 Å². The van der Waals surface area contributed by atoms with Crippen molar-refractivity contribution in [1.82, 2.24) is 10.6 Å². The van der Waals surface area contributed by atoms with Crippen molar-refractivity contribution in [3.8, 4) is 0 Å². The first-order valence-corrected chi connectivity index (χ1v) is 7.01. The number of ether oxygens (including phenoxy) is 1. The van der Waals surface area contributed by atoms with Crippen molar-refractivity contribution >= 4 is 18.0 Å². The van der Waals surface area contributed by atoms with Crippen molar-refractivity contribution in [2.75, 3.05) is 13.6 Å². The minimum Gasteiger partial charge on any atom is -0.481 e. The third-order valence-corrected chi connectivity index (χ3v) is 3.12. The molecule has 0 aliphatic carbocycles. The third kappa shape index (κ3) is 6.79. The molecule has 1 unspecified atom stereocenters. The van der Waals surface area contributed by atoms with Crippen molar-refractivity contribution < 1.29 is 29.3 Å². The van der Waals surface area contributed by atoms with Crippen LogP contribution < -0.4 is 10.6 Å². The van der Waals surface area contributed by atoms with Crippen LogP contribution in [0.3, 0.4) is 0 Å². The number of rotatable bonds is 9. The Morgan fingerprint density at radius 2 is 1.78 bits per heavy atom. The predicted octanol–water partition coefficient (Wildman–Crippen LogP) is 0.676. The van der Waals surface area contributed by atoms with Gasteiger partial charge in [-0.25, -0.2) is 9.59 Å². The second kappa shape index (κ2) is 9.42. The van der Waals surface area contributed by atoms with Crippen LogP contribution >= 0.6 is 0 Å². The lowest BCUT2D eigenvalue weighted by Crippen LogP contribution is -2.44. The van der Waals surface area contributed by atoms with E-state index in [2.05, 4.69) is 10.6 Å². The van der Waals surface area contributed by atoms with E-state index in [4.69, 9.17) is 14.9 Å². The average molecular weight is 324 g/mol. The van der Waals surface area contributed by atoms with Gasteiger partial charge in [0.05, 0.1) is 5.92 Å². The summed E-state index contributed by atoms with van der Waals surface area (Å²) in [5.41, 5.74) is 0.758. The number of nitrogens with one attached hydrogen (secondary N) is 2. The van der Waals surface area contributed by atoms with Crippen LogP contribution in [-0.4, -0.2) is 47.9 Å². The number of aliphatic carboxylic acids is 2. The molecule has 1 aromatic carbocycles. The normalized spacial score (nSPS) is 12.9. The number of carbonyl (C=O) groups is 3. The van der Waals surface area contributed by atoms with Crippen molar-refractivity contribution in [2.24, 2.45) is 5.92 Å². The molecule has 0 aromatic heterocycles. The van der Waals surface area contributed by atoms with Crippen LogP contribution in [-0.2, 0) is 20.9 Å². The maximum Gasteiger partial charge on any atom is 0.408 e. The maximum absolute atomic E-state index is 11.7. The molecule has 8 heteroatoms. The van der Waals surface area contributed by atoms with E-state index >= 15 is 0 Å². The van der Waals surface area contributed by atoms with Gasteiger partial charge in [-0.1, -0.05) is 30.3 Å². The molecule has 1 aromatic rings. The molecule has 0 bridgehead atoms. The number of carboxylic acids is 2. The van der Waals surface area contributed by atoms with Crippen molar-refractivity contribution in [1.29, 1.82) is 0 Å². The quantitative estimate of drug-likeness (QED) is 0.526. The van der Waals surface area contributed by atoms with E-state index in [1.165, 1.54) is 0 Å². The van der Waals surface area contributed by atoms with E-state index in [0.717, 1.165) is 5.56 Å². The molecule has 0 heterocycles. The molecule has 126 valence electrons. The van der Waals surface area contributed by atoms with Crippen molar-refractivity contribution in [3.05, 3.63) is 35.9 Å². The first-order chi connectivity index (χ1) is 10.9. The van der Waals surface area contributed by atoms with Gasteiger partial charge in [0.25, 0.3) is 0 Å². The highest BCUT2D eigenvalue weighted by atomic mass is 16.5. The molecule has 0 aliphatic rings. The summed E-state index contributed by atoms with van der Waals surface area (Å²) in [4.78, 5) is 33.9. The van der Waals surface area contributed by atoms with Gasteiger partial charge in [0.1, 0.15) is 12.6 Å². The summed E-state index contributed by atoms with van der Waals surface area (Å²) in [6.07, 6.45) is -1.15. The molecule has 0 fully saturated rings. The highest BCUT2D eigenvalue weighted by Gasteiger charge is 2.28. The van der Waals surface area contributed by atoms with Crippen molar-refractivity contribution in [2.45, 2.75) is 19.1 Å². The Morgan fingerprint density at radius 3 is 2.30 bits per heavy atom. The van der Waals surface area contributed by atoms with Gasteiger partial charge in [-0.05, 0) is 19.0 Å². The maximum atomic E-state index is 11.7. The molecule has 0 radical (unpaired) electrons. The molecule has 2 atom stereocenters. The number of carbonyl (C=O) groups excluding carboxylic acids is 1. The number of hydrogen-bond acceptors (Lipinski definition) is 5. The molecular formula is C15H20N2O6. The summed E-state index contributed by atoms with van der Waals surface area (Å²) in [7, 11) is 1.56. The minimum atomic E-state index is -1.34. The van der Waals surface area contributed by atoms with Gasteiger partial charge in [0.2, 0.25) is 0 Å². The topological polar surface area (TPSA) is 125 Å². The molecule has 0 spiro atoms. The second-order valence-electron chi connectivity index (χ2n) is 4.93. The lowest BCUT2D eigenvalue weighted by Gasteiger charge is -2.18. The van der Waals surface area contributed by atoms with Crippen LogP contribution in [0.5, 0.6) is 0 Å².